The second-order valence-electron chi connectivity index (χ2n) is 4.99. The molecule has 5 nitrogen and oxygen atoms in total. The third kappa shape index (κ3) is 3.95. The molecule has 0 aromatic carbocycles. The molecule has 0 saturated carbocycles. The molecule has 2 rings (SSSR count). The molecule has 0 aliphatic carbocycles. The van der Waals surface area contributed by atoms with Gasteiger partial charge in [-0.15, -0.1) is 0 Å². The van der Waals surface area contributed by atoms with E-state index in [9.17, 15) is 0 Å². The molecule has 0 bridgehead atoms. The molecule has 7 heteroatoms. The Morgan fingerprint density at radius 3 is 2.81 bits per heavy atom. The molecule has 0 radical (unpaired) electrons. The molecule has 0 saturated heterocycles. The third-order valence-corrected chi connectivity index (χ3v) is 4.00. The fourth-order valence-electron chi connectivity index (χ4n) is 2.04. The van der Waals surface area contributed by atoms with Crippen molar-refractivity contribution in [1.82, 2.24) is 20.2 Å². The number of nitrogens with two attached hydrogens (primary N) is 1. The van der Waals surface area contributed by atoms with E-state index in [2.05, 4.69) is 29.4 Å². The zero-order valence-corrected chi connectivity index (χ0v) is 13.6. The Morgan fingerprint density at radius 2 is 2.19 bits per heavy atom. The minimum absolute atomic E-state index is 0.213. The Balaban J connectivity index is 2.17. The molecule has 21 heavy (non-hydrogen) atoms. The van der Waals surface area contributed by atoms with Gasteiger partial charge in [-0.3, -0.25) is 20.9 Å². The lowest BCUT2D eigenvalue weighted by atomic mass is 10.1. The number of rotatable bonds is 6. The minimum Gasteiger partial charge on any atom is -0.271 e. The molecule has 2 aromatic rings. The van der Waals surface area contributed by atoms with Gasteiger partial charge in [0.15, 0.2) is 0 Å². The van der Waals surface area contributed by atoms with E-state index in [4.69, 9.17) is 29.0 Å². The van der Waals surface area contributed by atoms with Crippen molar-refractivity contribution in [3.8, 4) is 0 Å². The lowest BCUT2D eigenvalue weighted by molar-refractivity contribution is 0.466. The van der Waals surface area contributed by atoms with Crippen LogP contribution in [0.1, 0.15) is 43.7 Å². The topological polar surface area (TPSA) is 68.8 Å². The maximum atomic E-state index is 6.18. The molecule has 2 aromatic heterocycles. The summed E-state index contributed by atoms with van der Waals surface area (Å²) < 4.78 is 1.96. The maximum Gasteiger partial charge on any atom is 0.0777 e. The largest absolute Gasteiger partial charge is 0.271 e. The van der Waals surface area contributed by atoms with Crippen LogP contribution in [0.3, 0.4) is 0 Å². The summed E-state index contributed by atoms with van der Waals surface area (Å²) in [6, 6.07) is 3.81. The SMILES string of the molecule is CCC(C)n1ccc(CC(NN)c2ncc(Cl)cc2Cl)n1. The number of nitrogens with one attached hydrogen (secondary N) is 1. The van der Waals surface area contributed by atoms with Gasteiger partial charge in [-0.1, -0.05) is 30.1 Å². The third-order valence-electron chi connectivity index (χ3n) is 3.49. The highest BCUT2D eigenvalue weighted by atomic mass is 35.5. The van der Waals surface area contributed by atoms with Gasteiger partial charge in [0.1, 0.15) is 0 Å². The van der Waals surface area contributed by atoms with Crippen LogP contribution < -0.4 is 11.3 Å². The van der Waals surface area contributed by atoms with Crippen LogP contribution in [0.2, 0.25) is 10.0 Å². The van der Waals surface area contributed by atoms with Crippen molar-refractivity contribution < 1.29 is 0 Å². The van der Waals surface area contributed by atoms with E-state index in [-0.39, 0.29) is 6.04 Å². The van der Waals surface area contributed by atoms with Crippen LogP contribution in [-0.4, -0.2) is 14.8 Å². The van der Waals surface area contributed by atoms with Crippen molar-refractivity contribution in [3.63, 3.8) is 0 Å². The fourth-order valence-corrected chi connectivity index (χ4v) is 2.56. The maximum absolute atomic E-state index is 6.18. The van der Waals surface area contributed by atoms with Crippen LogP contribution in [0.5, 0.6) is 0 Å². The molecule has 0 aliphatic rings. The second-order valence-corrected chi connectivity index (χ2v) is 5.83. The van der Waals surface area contributed by atoms with Gasteiger partial charge in [0, 0.05) is 24.9 Å². The number of aromatic nitrogens is 3. The van der Waals surface area contributed by atoms with E-state index in [1.807, 2.05) is 16.9 Å². The van der Waals surface area contributed by atoms with Gasteiger partial charge in [0.05, 0.1) is 27.5 Å². The molecular weight excluding hydrogens is 309 g/mol. The summed E-state index contributed by atoms with van der Waals surface area (Å²) in [5, 5.41) is 5.56. The first-order valence-corrected chi connectivity index (χ1v) is 7.61. The average Bonchev–Trinajstić information content (AvgIpc) is 2.93. The molecule has 0 fully saturated rings. The predicted molar refractivity (Wildman–Crippen MR) is 85.3 cm³/mol. The van der Waals surface area contributed by atoms with Gasteiger partial charge in [-0.25, -0.2) is 0 Å². The van der Waals surface area contributed by atoms with Crippen molar-refractivity contribution in [1.29, 1.82) is 0 Å². The van der Waals surface area contributed by atoms with Crippen molar-refractivity contribution in [2.75, 3.05) is 0 Å². The number of pyridine rings is 1. The van der Waals surface area contributed by atoms with Crippen LogP contribution in [0.15, 0.2) is 24.5 Å². The Morgan fingerprint density at radius 1 is 1.43 bits per heavy atom. The molecule has 0 aliphatic heterocycles. The zero-order chi connectivity index (χ0) is 15.4. The van der Waals surface area contributed by atoms with E-state index >= 15 is 0 Å². The average molecular weight is 328 g/mol. The number of nitrogens with zero attached hydrogens (tertiary/aromatic N) is 3. The summed E-state index contributed by atoms with van der Waals surface area (Å²) in [5.74, 6) is 5.64. The molecule has 2 heterocycles. The number of hydrogen-bond acceptors (Lipinski definition) is 4. The Kier molecular flexibility index (Phi) is 5.58. The van der Waals surface area contributed by atoms with E-state index in [1.54, 1.807) is 12.3 Å². The molecule has 3 N–H and O–H groups in total. The molecule has 114 valence electrons. The highest BCUT2D eigenvalue weighted by Crippen LogP contribution is 2.25. The van der Waals surface area contributed by atoms with E-state index in [0.29, 0.717) is 28.2 Å². The van der Waals surface area contributed by atoms with Crippen LogP contribution in [-0.2, 0) is 6.42 Å². The summed E-state index contributed by atoms with van der Waals surface area (Å²) >= 11 is 12.0. The van der Waals surface area contributed by atoms with Crippen molar-refractivity contribution in [2.45, 2.75) is 38.8 Å². The summed E-state index contributed by atoms with van der Waals surface area (Å²) in [6.07, 6.45) is 5.18. The first-order valence-electron chi connectivity index (χ1n) is 6.86. The van der Waals surface area contributed by atoms with Crippen molar-refractivity contribution in [2.24, 2.45) is 5.84 Å². The highest BCUT2D eigenvalue weighted by molar-refractivity contribution is 6.34. The van der Waals surface area contributed by atoms with Crippen LogP contribution >= 0.6 is 23.2 Å². The normalized spacial score (nSPS) is 14.1. The van der Waals surface area contributed by atoms with Crippen LogP contribution in [0, 0.1) is 0 Å². The Bertz CT molecular complexity index is 599. The van der Waals surface area contributed by atoms with Gasteiger partial charge in [-0.2, -0.15) is 5.10 Å². The summed E-state index contributed by atoms with van der Waals surface area (Å²) in [4.78, 5) is 4.26. The predicted octanol–water partition coefficient (Wildman–Crippen LogP) is 3.30. The smallest absolute Gasteiger partial charge is 0.0777 e. The first kappa shape index (κ1) is 16.2. The van der Waals surface area contributed by atoms with Gasteiger partial charge in [0.25, 0.3) is 0 Å². The van der Waals surface area contributed by atoms with Gasteiger partial charge in [-0.05, 0) is 25.5 Å². The van der Waals surface area contributed by atoms with Gasteiger partial charge >= 0.3 is 0 Å². The quantitative estimate of drug-likeness (QED) is 0.631. The molecule has 0 spiro atoms. The van der Waals surface area contributed by atoms with E-state index in [0.717, 1.165) is 12.1 Å². The summed E-state index contributed by atoms with van der Waals surface area (Å²) in [7, 11) is 0. The zero-order valence-electron chi connectivity index (χ0n) is 12.1. The standard InChI is InChI=1S/C14H19Cl2N5/c1-3-9(2)21-5-4-11(20-21)7-13(19-17)14-12(16)6-10(15)8-18-14/h4-6,8-9,13,19H,3,7,17H2,1-2H3. The Labute approximate surface area is 134 Å². The second kappa shape index (κ2) is 7.22. The van der Waals surface area contributed by atoms with Gasteiger partial charge in [0.2, 0.25) is 0 Å². The van der Waals surface area contributed by atoms with Crippen molar-refractivity contribution in [3.05, 3.63) is 46.0 Å². The highest BCUT2D eigenvalue weighted by Gasteiger charge is 2.17. The summed E-state index contributed by atoms with van der Waals surface area (Å²) in [5.41, 5.74) is 4.34. The summed E-state index contributed by atoms with van der Waals surface area (Å²) in [6.45, 7) is 4.26. The number of hydrogen-bond donors (Lipinski definition) is 2. The van der Waals surface area contributed by atoms with E-state index < -0.39 is 0 Å². The lowest BCUT2D eigenvalue weighted by Gasteiger charge is -2.15. The monoisotopic (exact) mass is 327 g/mol. The lowest BCUT2D eigenvalue weighted by Crippen LogP contribution is -2.30. The van der Waals surface area contributed by atoms with Crippen molar-refractivity contribution >= 4 is 23.2 Å². The van der Waals surface area contributed by atoms with Crippen LogP contribution in [0.4, 0.5) is 0 Å². The van der Waals surface area contributed by atoms with Crippen LogP contribution in [0.25, 0.3) is 0 Å². The van der Waals surface area contributed by atoms with E-state index in [1.165, 1.54) is 0 Å². The number of halogens is 2. The minimum atomic E-state index is -0.213. The molecular formula is C14H19Cl2N5. The number of hydrazine groups is 1. The molecule has 2 unspecified atom stereocenters. The van der Waals surface area contributed by atoms with Gasteiger partial charge < -0.3 is 0 Å². The fraction of sp³-hybridized carbons (Fsp3) is 0.429. The first-order chi connectivity index (χ1) is 10.0. The molecule has 0 amide bonds. The molecule has 2 atom stereocenters. The Hall–Kier alpha value is -1.14.